The van der Waals surface area contributed by atoms with Crippen LogP contribution in [0, 0.1) is 5.41 Å². The van der Waals surface area contributed by atoms with E-state index in [1.807, 2.05) is 30.3 Å². The maximum atomic E-state index is 12.3. The van der Waals surface area contributed by atoms with Gasteiger partial charge in [0.2, 0.25) is 0 Å². The molecule has 0 bridgehead atoms. The van der Waals surface area contributed by atoms with Crippen molar-refractivity contribution in [3.8, 4) is 0 Å². The molecule has 3 rings (SSSR count). The lowest BCUT2D eigenvalue weighted by atomic mass is 9.93. The van der Waals surface area contributed by atoms with Crippen LogP contribution in [-0.4, -0.2) is 5.78 Å². The van der Waals surface area contributed by atoms with E-state index in [0.29, 0.717) is 5.78 Å². The number of carbonyl (C=O) groups excluding carboxylic acids is 1. The molecule has 0 unspecified atom stereocenters. The molecule has 16 heavy (non-hydrogen) atoms. The van der Waals surface area contributed by atoms with Gasteiger partial charge in [-0.25, -0.2) is 0 Å². The topological polar surface area (TPSA) is 17.1 Å². The summed E-state index contributed by atoms with van der Waals surface area (Å²) in [6, 6.07) is 14.1. The number of Topliss-reactive ketones (excluding diaryl/α,β-unsaturated/α-hetero) is 1. The monoisotopic (exact) mass is 210 g/mol. The van der Waals surface area contributed by atoms with Crippen LogP contribution in [-0.2, 0) is 0 Å². The Kier molecular flexibility index (Phi) is 1.90. The average molecular weight is 210 g/mol. The molecule has 1 aliphatic carbocycles. The normalized spacial score (nSPS) is 17.3. The molecule has 0 amide bonds. The van der Waals surface area contributed by atoms with Crippen molar-refractivity contribution in [3.05, 3.63) is 48.0 Å². The molecule has 0 spiro atoms. The molecule has 0 aliphatic heterocycles. The lowest BCUT2D eigenvalue weighted by Crippen LogP contribution is -2.12. The lowest BCUT2D eigenvalue weighted by Gasteiger charge is -2.09. The Balaban J connectivity index is 2.20. The van der Waals surface area contributed by atoms with Crippen molar-refractivity contribution in [2.45, 2.75) is 19.8 Å². The molecule has 0 heterocycles. The largest absolute Gasteiger partial charge is 0.294 e. The summed E-state index contributed by atoms with van der Waals surface area (Å²) in [5, 5.41) is 2.24. The van der Waals surface area contributed by atoms with E-state index in [2.05, 4.69) is 19.1 Å². The van der Waals surface area contributed by atoms with Gasteiger partial charge in [-0.15, -0.1) is 0 Å². The molecule has 2 aromatic carbocycles. The number of rotatable bonds is 2. The summed E-state index contributed by atoms with van der Waals surface area (Å²) in [4.78, 5) is 12.3. The van der Waals surface area contributed by atoms with Gasteiger partial charge in [-0.2, -0.15) is 0 Å². The van der Waals surface area contributed by atoms with Crippen LogP contribution in [0.1, 0.15) is 30.1 Å². The van der Waals surface area contributed by atoms with Gasteiger partial charge in [-0.05, 0) is 23.6 Å². The highest BCUT2D eigenvalue weighted by molar-refractivity contribution is 6.11. The highest BCUT2D eigenvalue weighted by Crippen LogP contribution is 2.48. The molecule has 0 atom stereocenters. The summed E-state index contributed by atoms with van der Waals surface area (Å²) in [6.45, 7) is 2.07. The molecule has 0 radical (unpaired) electrons. The Morgan fingerprint density at radius 1 is 1.06 bits per heavy atom. The van der Waals surface area contributed by atoms with Crippen LogP contribution in [0.15, 0.2) is 42.5 Å². The van der Waals surface area contributed by atoms with E-state index >= 15 is 0 Å². The Morgan fingerprint density at radius 2 is 1.75 bits per heavy atom. The van der Waals surface area contributed by atoms with Gasteiger partial charge in [-0.1, -0.05) is 49.4 Å². The fourth-order valence-electron chi connectivity index (χ4n) is 2.16. The van der Waals surface area contributed by atoms with Crippen molar-refractivity contribution >= 4 is 16.6 Å². The van der Waals surface area contributed by atoms with Gasteiger partial charge >= 0.3 is 0 Å². The lowest BCUT2D eigenvalue weighted by molar-refractivity contribution is 0.0914. The van der Waals surface area contributed by atoms with E-state index in [1.54, 1.807) is 0 Å². The molecule has 0 aromatic heterocycles. The van der Waals surface area contributed by atoms with E-state index in [1.165, 1.54) is 0 Å². The number of carbonyl (C=O) groups is 1. The number of benzene rings is 2. The quantitative estimate of drug-likeness (QED) is 0.688. The van der Waals surface area contributed by atoms with Gasteiger partial charge in [0.05, 0.1) is 0 Å². The number of fused-ring (bicyclic) bond motifs is 1. The smallest absolute Gasteiger partial charge is 0.169 e. The minimum atomic E-state index is -0.0792. The third kappa shape index (κ3) is 1.35. The van der Waals surface area contributed by atoms with E-state index in [-0.39, 0.29) is 5.41 Å². The maximum absolute atomic E-state index is 12.3. The standard InChI is InChI=1S/C15H14O/c1-15(9-10-15)14(16)13-8-4-6-11-5-2-3-7-12(11)13/h2-8H,9-10H2,1H3. The van der Waals surface area contributed by atoms with Crippen LogP contribution < -0.4 is 0 Å². The molecule has 0 saturated heterocycles. The van der Waals surface area contributed by atoms with E-state index in [4.69, 9.17) is 0 Å². The van der Waals surface area contributed by atoms with Gasteiger partial charge in [0.1, 0.15) is 0 Å². The van der Waals surface area contributed by atoms with Crippen LogP contribution in [0.5, 0.6) is 0 Å². The first kappa shape index (κ1) is 9.59. The Hall–Kier alpha value is -1.63. The minimum Gasteiger partial charge on any atom is -0.294 e. The van der Waals surface area contributed by atoms with E-state index < -0.39 is 0 Å². The van der Waals surface area contributed by atoms with Gasteiger partial charge in [0.15, 0.2) is 5.78 Å². The number of hydrogen-bond acceptors (Lipinski definition) is 1. The molecular formula is C15H14O. The summed E-state index contributed by atoms with van der Waals surface area (Å²) in [6.07, 6.45) is 2.07. The van der Waals surface area contributed by atoms with Gasteiger partial charge in [-0.3, -0.25) is 4.79 Å². The zero-order valence-electron chi connectivity index (χ0n) is 9.36. The second-order valence-electron chi connectivity index (χ2n) is 4.92. The fraction of sp³-hybridized carbons (Fsp3) is 0.267. The predicted molar refractivity (Wildman–Crippen MR) is 65.6 cm³/mol. The minimum absolute atomic E-state index is 0.0792. The van der Waals surface area contributed by atoms with Crippen LogP contribution in [0.2, 0.25) is 0 Å². The highest BCUT2D eigenvalue weighted by Gasteiger charge is 2.45. The van der Waals surface area contributed by atoms with Crippen LogP contribution in [0.25, 0.3) is 10.8 Å². The summed E-state index contributed by atoms with van der Waals surface area (Å²) in [5.74, 6) is 0.310. The van der Waals surface area contributed by atoms with Crippen molar-refractivity contribution in [2.24, 2.45) is 5.41 Å². The molecular weight excluding hydrogens is 196 g/mol. The molecule has 0 N–H and O–H groups in total. The zero-order valence-corrected chi connectivity index (χ0v) is 9.36. The molecule has 1 saturated carbocycles. The fourth-order valence-corrected chi connectivity index (χ4v) is 2.16. The number of hydrogen-bond donors (Lipinski definition) is 0. The van der Waals surface area contributed by atoms with Crippen LogP contribution in [0.4, 0.5) is 0 Å². The summed E-state index contributed by atoms with van der Waals surface area (Å²) >= 11 is 0. The Labute approximate surface area is 95.1 Å². The molecule has 2 aromatic rings. The molecule has 1 aliphatic rings. The molecule has 1 nitrogen and oxygen atoms in total. The van der Waals surface area contributed by atoms with Crippen LogP contribution in [0.3, 0.4) is 0 Å². The zero-order chi connectivity index (χ0) is 11.2. The third-order valence-corrected chi connectivity index (χ3v) is 3.58. The van der Waals surface area contributed by atoms with Crippen molar-refractivity contribution < 1.29 is 4.79 Å². The van der Waals surface area contributed by atoms with Crippen molar-refractivity contribution in [3.63, 3.8) is 0 Å². The summed E-state index contributed by atoms with van der Waals surface area (Å²) in [7, 11) is 0. The predicted octanol–water partition coefficient (Wildman–Crippen LogP) is 3.82. The second-order valence-corrected chi connectivity index (χ2v) is 4.92. The second kappa shape index (κ2) is 3.18. The van der Waals surface area contributed by atoms with Crippen LogP contribution >= 0.6 is 0 Å². The molecule has 80 valence electrons. The van der Waals surface area contributed by atoms with Gasteiger partial charge < -0.3 is 0 Å². The molecule has 1 fully saturated rings. The summed E-state index contributed by atoms with van der Waals surface area (Å²) in [5.41, 5.74) is 0.808. The van der Waals surface area contributed by atoms with Crippen molar-refractivity contribution in [1.29, 1.82) is 0 Å². The van der Waals surface area contributed by atoms with E-state index in [0.717, 1.165) is 29.2 Å². The van der Waals surface area contributed by atoms with Gasteiger partial charge in [0, 0.05) is 11.0 Å². The summed E-state index contributed by atoms with van der Waals surface area (Å²) < 4.78 is 0. The SMILES string of the molecule is CC1(C(=O)c2cccc3ccccc23)CC1. The number of ketones is 1. The highest BCUT2D eigenvalue weighted by atomic mass is 16.1. The first-order valence-electron chi connectivity index (χ1n) is 5.73. The Morgan fingerprint density at radius 3 is 2.50 bits per heavy atom. The third-order valence-electron chi connectivity index (χ3n) is 3.58. The van der Waals surface area contributed by atoms with E-state index in [9.17, 15) is 4.79 Å². The molecule has 1 heteroatoms. The maximum Gasteiger partial charge on any atom is 0.169 e. The van der Waals surface area contributed by atoms with Crippen molar-refractivity contribution in [2.75, 3.05) is 0 Å². The average Bonchev–Trinajstić information content (AvgIpc) is 3.07. The Bertz CT molecular complexity index is 559. The van der Waals surface area contributed by atoms with Crippen molar-refractivity contribution in [1.82, 2.24) is 0 Å². The first-order valence-corrected chi connectivity index (χ1v) is 5.73. The first-order chi connectivity index (χ1) is 7.71. The van der Waals surface area contributed by atoms with Gasteiger partial charge in [0.25, 0.3) is 0 Å².